The summed E-state index contributed by atoms with van der Waals surface area (Å²) in [4.78, 5) is 0. The van der Waals surface area contributed by atoms with Crippen LogP contribution >= 0.6 is 0 Å². The molecule has 66 valence electrons. The molecule has 0 unspecified atom stereocenters. The zero-order chi connectivity index (χ0) is 9.14. The molecule has 1 aromatic rings. The molecule has 1 aromatic carbocycles. The Hall–Kier alpha value is -0.820. The third-order valence-electron chi connectivity index (χ3n) is 2.18. The van der Waals surface area contributed by atoms with Gasteiger partial charge in [-0.1, -0.05) is 30.7 Å². The van der Waals surface area contributed by atoms with Gasteiger partial charge in [-0.15, -0.1) is 0 Å². The van der Waals surface area contributed by atoms with Gasteiger partial charge in [0, 0.05) is 0 Å². The average molecular weight is 164 g/mol. The second-order valence-electron chi connectivity index (χ2n) is 3.28. The number of hydrogen-bond acceptors (Lipinski definition) is 1. The van der Waals surface area contributed by atoms with Gasteiger partial charge in [-0.05, 0) is 31.4 Å². The maximum absolute atomic E-state index is 9.63. The zero-order valence-corrected chi connectivity index (χ0v) is 7.96. The van der Waals surface area contributed by atoms with E-state index in [-0.39, 0.29) is 6.10 Å². The summed E-state index contributed by atoms with van der Waals surface area (Å²) in [5.74, 6) is 0. The maximum atomic E-state index is 9.63. The first-order valence-electron chi connectivity index (χ1n) is 4.40. The Morgan fingerprint density at radius 3 is 2.58 bits per heavy atom. The van der Waals surface area contributed by atoms with Crippen LogP contribution in [-0.2, 0) is 0 Å². The van der Waals surface area contributed by atoms with E-state index in [1.807, 2.05) is 20.8 Å². The summed E-state index contributed by atoms with van der Waals surface area (Å²) >= 11 is 0. The fourth-order valence-corrected chi connectivity index (χ4v) is 1.34. The van der Waals surface area contributed by atoms with Gasteiger partial charge in [0.25, 0.3) is 0 Å². The third kappa shape index (κ3) is 1.86. The number of aliphatic hydroxyl groups excluding tert-OH is 1. The van der Waals surface area contributed by atoms with Gasteiger partial charge in [0.15, 0.2) is 0 Å². The van der Waals surface area contributed by atoms with Crippen LogP contribution in [0.1, 0.15) is 36.1 Å². The molecule has 1 N–H and O–H groups in total. The molecule has 0 aromatic heterocycles. The Morgan fingerprint density at radius 2 is 2.00 bits per heavy atom. The maximum Gasteiger partial charge on any atom is 0.0790 e. The lowest BCUT2D eigenvalue weighted by molar-refractivity contribution is 0.173. The van der Waals surface area contributed by atoms with E-state index in [0.29, 0.717) is 0 Å². The molecule has 0 radical (unpaired) electrons. The third-order valence-corrected chi connectivity index (χ3v) is 2.18. The first-order chi connectivity index (χ1) is 5.65. The Bertz CT molecular complexity index is 266. The van der Waals surface area contributed by atoms with Crippen LogP contribution in [0.25, 0.3) is 0 Å². The van der Waals surface area contributed by atoms with Crippen molar-refractivity contribution in [1.82, 2.24) is 0 Å². The van der Waals surface area contributed by atoms with Crippen LogP contribution < -0.4 is 0 Å². The van der Waals surface area contributed by atoms with E-state index in [1.54, 1.807) is 0 Å². The molecular formula is C11H16O. The molecule has 0 aliphatic carbocycles. The highest BCUT2D eigenvalue weighted by Crippen LogP contribution is 2.21. The van der Waals surface area contributed by atoms with Gasteiger partial charge in [0.2, 0.25) is 0 Å². The minimum Gasteiger partial charge on any atom is -0.388 e. The summed E-state index contributed by atoms with van der Waals surface area (Å²) in [7, 11) is 0. The van der Waals surface area contributed by atoms with Crippen LogP contribution in [0.2, 0.25) is 0 Å². The van der Waals surface area contributed by atoms with E-state index >= 15 is 0 Å². The summed E-state index contributed by atoms with van der Waals surface area (Å²) in [6, 6.07) is 6.19. The van der Waals surface area contributed by atoms with Crippen LogP contribution in [0.15, 0.2) is 18.2 Å². The van der Waals surface area contributed by atoms with Crippen molar-refractivity contribution in [1.29, 1.82) is 0 Å². The molecule has 0 saturated heterocycles. The van der Waals surface area contributed by atoms with Gasteiger partial charge >= 0.3 is 0 Å². The predicted molar refractivity (Wildman–Crippen MR) is 51.2 cm³/mol. The zero-order valence-electron chi connectivity index (χ0n) is 7.96. The number of aryl methyl sites for hydroxylation is 2. The fourth-order valence-electron chi connectivity index (χ4n) is 1.34. The fraction of sp³-hybridized carbons (Fsp3) is 0.455. The summed E-state index contributed by atoms with van der Waals surface area (Å²) in [6.07, 6.45) is 0.481. The molecule has 0 spiro atoms. The number of benzene rings is 1. The quantitative estimate of drug-likeness (QED) is 0.712. The molecule has 0 fully saturated rings. The molecule has 0 amide bonds. The Labute approximate surface area is 74.1 Å². The van der Waals surface area contributed by atoms with Crippen LogP contribution in [-0.4, -0.2) is 5.11 Å². The van der Waals surface area contributed by atoms with Crippen molar-refractivity contribution in [3.05, 3.63) is 34.9 Å². The Kier molecular flexibility index (Phi) is 2.88. The molecule has 0 saturated carbocycles. The van der Waals surface area contributed by atoms with E-state index in [9.17, 15) is 5.11 Å². The lowest BCUT2D eigenvalue weighted by Gasteiger charge is -2.11. The SMILES string of the molecule is CC[C@H](O)c1cc(C)ccc1C. The van der Waals surface area contributed by atoms with Crippen molar-refractivity contribution in [3.63, 3.8) is 0 Å². The van der Waals surface area contributed by atoms with Crippen LogP contribution in [0.5, 0.6) is 0 Å². The van der Waals surface area contributed by atoms with E-state index in [1.165, 1.54) is 11.1 Å². The summed E-state index contributed by atoms with van der Waals surface area (Å²) in [5.41, 5.74) is 3.45. The van der Waals surface area contributed by atoms with Crippen molar-refractivity contribution in [2.45, 2.75) is 33.3 Å². The minimum atomic E-state index is -0.301. The molecule has 0 aliphatic heterocycles. The highest BCUT2D eigenvalue weighted by Gasteiger charge is 2.07. The Morgan fingerprint density at radius 1 is 1.33 bits per heavy atom. The standard InChI is InChI=1S/C11H16O/c1-4-11(12)10-7-8(2)5-6-9(10)3/h5-7,11-12H,4H2,1-3H3/t11-/m0/s1. The Balaban J connectivity index is 3.04. The van der Waals surface area contributed by atoms with Gasteiger partial charge in [-0.2, -0.15) is 0 Å². The van der Waals surface area contributed by atoms with Gasteiger partial charge in [-0.3, -0.25) is 0 Å². The molecule has 12 heavy (non-hydrogen) atoms. The largest absolute Gasteiger partial charge is 0.388 e. The van der Waals surface area contributed by atoms with Crippen LogP contribution in [0.3, 0.4) is 0 Å². The van der Waals surface area contributed by atoms with Crippen molar-refractivity contribution in [3.8, 4) is 0 Å². The second kappa shape index (κ2) is 3.72. The molecule has 1 atom stereocenters. The number of hydrogen-bond donors (Lipinski definition) is 1. The first-order valence-corrected chi connectivity index (χ1v) is 4.40. The number of rotatable bonds is 2. The normalized spacial score (nSPS) is 13.0. The average Bonchev–Trinajstić information content (AvgIpc) is 2.08. The van der Waals surface area contributed by atoms with Crippen molar-refractivity contribution in [2.24, 2.45) is 0 Å². The van der Waals surface area contributed by atoms with Crippen molar-refractivity contribution in [2.75, 3.05) is 0 Å². The molecule has 0 aliphatic rings. The molecule has 1 nitrogen and oxygen atoms in total. The molecule has 1 heteroatoms. The monoisotopic (exact) mass is 164 g/mol. The van der Waals surface area contributed by atoms with Gasteiger partial charge in [-0.25, -0.2) is 0 Å². The smallest absolute Gasteiger partial charge is 0.0790 e. The highest BCUT2D eigenvalue weighted by molar-refractivity contribution is 5.31. The van der Waals surface area contributed by atoms with Gasteiger partial charge < -0.3 is 5.11 Å². The van der Waals surface area contributed by atoms with Gasteiger partial charge in [0.05, 0.1) is 6.10 Å². The molecule has 0 bridgehead atoms. The van der Waals surface area contributed by atoms with E-state index in [0.717, 1.165) is 12.0 Å². The summed E-state index contributed by atoms with van der Waals surface area (Å²) < 4.78 is 0. The topological polar surface area (TPSA) is 20.2 Å². The lowest BCUT2D eigenvalue weighted by Crippen LogP contribution is -1.98. The van der Waals surface area contributed by atoms with Crippen molar-refractivity contribution < 1.29 is 5.11 Å². The van der Waals surface area contributed by atoms with E-state index in [4.69, 9.17) is 0 Å². The van der Waals surface area contributed by atoms with Crippen LogP contribution in [0, 0.1) is 13.8 Å². The van der Waals surface area contributed by atoms with Gasteiger partial charge in [0.1, 0.15) is 0 Å². The van der Waals surface area contributed by atoms with Crippen LogP contribution in [0.4, 0.5) is 0 Å². The van der Waals surface area contributed by atoms with E-state index in [2.05, 4.69) is 18.2 Å². The minimum absolute atomic E-state index is 0.301. The molecule has 1 rings (SSSR count). The lowest BCUT2D eigenvalue weighted by atomic mass is 9.99. The summed E-state index contributed by atoms with van der Waals surface area (Å²) in [6.45, 7) is 6.07. The van der Waals surface area contributed by atoms with Crippen molar-refractivity contribution >= 4 is 0 Å². The molecule has 0 heterocycles. The number of aliphatic hydroxyl groups is 1. The van der Waals surface area contributed by atoms with E-state index < -0.39 is 0 Å². The second-order valence-corrected chi connectivity index (χ2v) is 3.28. The first kappa shape index (κ1) is 9.27. The molecular weight excluding hydrogens is 148 g/mol. The predicted octanol–water partition coefficient (Wildman–Crippen LogP) is 2.75. The highest BCUT2D eigenvalue weighted by atomic mass is 16.3. The summed E-state index contributed by atoms with van der Waals surface area (Å²) in [5, 5.41) is 9.63.